The summed E-state index contributed by atoms with van der Waals surface area (Å²) in [5.41, 5.74) is 0.430. The van der Waals surface area contributed by atoms with Crippen molar-refractivity contribution in [3.8, 4) is 0 Å². The minimum atomic E-state index is -0.381. The van der Waals surface area contributed by atoms with Crippen LogP contribution < -0.4 is 5.32 Å². The van der Waals surface area contributed by atoms with Gasteiger partial charge >= 0.3 is 0 Å². The number of hydrogen-bond donors (Lipinski definition) is 1. The molecule has 0 radical (unpaired) electrons. The molecule has 0 aliphatic heterocycles. The number of nitrogens with one attached hydrogen (secondary N) is 1. The second kappa shape index (κ2) is 5.95. The van der Waals surface area contributed by atoms with Crippen LogP contribution in [0, 0.1) is 5.82 Å². The first-order valence-electron chi connectivity index (χ1n) is 5.04. The van der Waals surface area contributed by atoms with Gasteiger partial charge in [-0.05, 0) is 62.2 Å². The first kappa shape index (κ1) is 13.7. The fourth-order valence-electron chi connectivity index (χ4n) is 1.35. The van der Waals surface area contributed by atoms with E-state index in [1.165, 1.54) is 18.2 Å². The second-order valence-electron chi connectivity index (χ2n) is 3.52. The third-order valence-electron chi connectivity index (χ3n) is 2.23. The van der Waals surface area contributed by atoms with Gasteiger partial charge in [0.05, 0.1) is 14.8 Å². The van der Waals surface area contributed by atoms with Crippen LogP contribution in [0.2, 0.25) is 0 Å². The highest BCUT2D eigenvalue weighted by Gasteiger charge is 2.08. The number of thiophene rings is 1. The van der Waals surface area contributed by atoms with Crippen molar-refractivity contribution >= 4 is 49.1 Å². The first-order valence-corrected chi connectivity index (χ1v) is 7.44. The van der Waals surface area contributed by atoms with Crippen LogP contribution in [0.3, 0.4) is 0 Å². The summed E-state index contributed by atoms with van der Waals surface area (Å²) in [5.74, 6) is -0.603. The molecule has 1 N–H and O–H groups in total. The minimum Gasteiger partial charge on any atom is -0.347 e. The highest BCUT2D eigenvalue weighted by Crippen LogP contribution is 2.22. The molecule has 1 aromatic heterocycles. The van der Waals surface area contributed by atoms with Gasteiger partial charge in [0.15, 0.2) is 0 Å². The monoisotopic (exact) mass is 391 g/mol. The van der Waals surface area contributed by atoms with Crippen molar-refractivity contribution in [3.05, 3.63) is 54.8 Å². The van der Waals surface area contributed by atoms with E-state index in [4.69, 9.17) is 0 Å². The Balaban J connectivity index is 2.01. The average Bonchev–Trinajstić information content (AvgIpc) is 2.75. The maximum Gasteiger partial charge on any atom is 0.251 e. The van der Waals surface area contributed by atoms with Gasteiger partial charge in [-0.25, -0.2) is 4.39 Å². The van der Waals surface area contributed by atoms with E-state index < -0.39 is 0 Å². The van der Waals surface area contributed by atoms with Gasteiger partial charge in [0, 0.05) is 10.4 Å². The zero-order chi connectivity index (χ0) is 13.1. The lowest BCUT2D eigenvalue weighted by molar-refractivity contribution is 0.0951. The Morgan fingerprint density at radius 1 is 1.28 bits per heavy atom. The molecule has 94 valence electrons. The number of hydrogen-bond acceptors (Lipinski definition) is 2. The molecule has 0 atom stereocenters. The summed E-state index contributed by atoms with van der Waals surface area (Å²) in [5, 5.41) is 2.78. The molecule has 0 saturated carbocycles. The van der Waals surface area contributed by atoms with Crippen LogP contribution in [0.15, 0.2) is 38.6 Å². The number of amides is 1. The van der Waals surface area contributed by atoms with Crippen LogP contribution in [0.25, 0.3) is 0 Å². The third kappa shape index (κ3) is 3.40. The Labute approximate surface area is 124 Å². The Morgan fingerprint density at radius 3 is 2.67 bits per heavy atom. The molecule has 1 aromatic carbocycles. The summed E-state index contributed by atoms with van der Waals surface area (Å²) < 4.78 is 14.3. The number of halogens is 3. The fourth-order valence-corrected chi connectivity index (χ4v) is 3.16. The van der Waals surface area contributed by atoms with E-state index >= 15 is 0 Å². The fraction of sp³-hybridized carbons (Fsp3) is 0.0833. The molecule has 2 nitrogen and oxygen atoms in total. The topological polar surface area (TPSA) is 29.1 Å². The molecule has 0 aliphatic rings. The molecular formula is C12H8Br2FNOS. The number of rotatable bonds is 3. The van der Waals surface area contributed by atoms with Crippen LogP contribution in [-0.2, 0) is 6.54 Å². The summed E-state index contributed by atoms with van der Waals surface area (Å²) in [6.07, 6.45) is 0. The molecule has 18 heavy (non-hydrogen) atoms. The van der Waals surface area contributed by atoms with E-state index in [2.05, 4.69) is 37.2 Å². The van der Waals surface area contributed by atoms with E-state index in [9.17, 15) is 9.18 Å². The number of carbonyl (C=O) groups excluding carboxylic acids is 1. The van der Waals surface area contributed by atoms with Gasteiger partial charge in [0.25, 0.3) is 5.91 Å². The van der Waals surface area contributed by atoms with E-state index in [1.807, 2.05) is 12.1 Å². The highest BCUT2D eigenvalue weighted by atomic mass is 79.9. The standard InChI is InChI=1S/C12H8Br2FNOS/c13-9-5-7(1-3-10(9)15)12(17)16-6-8-2-4-11(14)18-8/h1-5H,6H2,(H,16,17). The third-order valence-corrected chi connectivity index (χ3v) is 4.47. The molecule has 0 fully saturated rings. The molecule has 0 bridgehead atoms. The van der Waals surface area contributed by atoms with Gasteiger partial charge in [-0.2, -0.15) is 0 Å². The predicted molar refractivity (Wildman–Crippen MR) is 77.3 cm³/mol. The number of carbonyl (C=O) groups is 1. The SMILES string of the molecule is O=C(NCc1ccc(Br)s1)c1ccc(F)c(Br)c1. The molecule has 0 aliphatic carbocycles. The zero-order valence-electron chi connectivity index (χ0n) is 9.04. The Hall–Kier alpha value is -0.720. The van der Waals surface area contributed by atoms with Crippen LogP contribution in [-0.4, -0.2) is 5.91 Å². The molecule has 2 aromatic rings. The molecule has 1 amide bonds. The van der Waals surface area contributed by atoms with Crippen molar-refractivity contribution in [2.24, 2.45) is 0 Å². The van der Waals surface area contributed by atoms with Gasteiger partial charge < -0.3 is 5.32 Å². The smallest absolute Gasteiger partial charge is 0.251 e. The molecule has 0 spiro atoms. The predicted octanol–water partition coefficient (Wildman–Crippen LogP) is 4.34. The summed E-state index contributed by atoms with van der Waals surface area (Å²) in [4.78, 5) is 12.9. The lowest BCUT2D eigenvalue weighted by Gasteiger charge is -2.04. The van der Waals surface area contributed by atoms with E-state index in [-0.39, 0.29) is 16.2 Å². The lowest BCUT2D eigenvalue weighted by atomic mass is 10.2. The van der Waals surface area contributed by atoms with Crippen molar-refractivity contribution < 1.29 is 9.18 Å². The van der Waals surface area contributed by atoms with E-state index in [0.29, 0.717) is 12.1 Å². The minimum absolute atomic E-state index is 0.222. The Morgan fingerprint density at radius 2 is 2.06 bits per heavy atom. The molecule has 0 unspecified atom stereocenters. The first-order chi connectivity index (χ1) is 8.56. The van der Waals surface area contributed by atoms with Crippen molar-refractivity contribution in [2.75, 3.05) is 0 Å². The van der Waals surface area contributed by atoms with Crippen molar-refractivity contribution in [3.63, 3.8) is 0 Å². The van der Waals surface area contributed by atoms with Gasteiger partial charge in [0.2, 0.25) is 0 Å². The summed E-state index contributed by atoms with van der Waals surface area (Å²) in [6, 6.07) is 8.06. The normalized spacial score (nSPS) is 10.4. The Bertz CT molecular complexity index is 585. The molecular weight excluding hydrogens is 385 g/mol. The van der Waals surface area contributed by atoms with Gasteiger partial charge in [-0.3, -0.25) is 4.79 Å². The maximum atomic E-state index is 13.0. The highest BCUT2D eigenvalue weighted by molar-refractivity contribution is 9.11. The van der Waals surface area contributed by atoms with Gasteiger partial charge in [-0.15, -0.1) is 11.3 Å². The Kier molecular flexibility index (Phi) is 4.53. The quantitative estimate of drug-likeness (QED) is 0.826. The van der Waals surface area contributed by atoms with Crippen LogP contribution in [0.4, 0.5) is 4.39 Å². The van der Waals surface area contributed by atoms with E-state index in [1.54, 1.807) is 11.3 Å². The van der Waals surface area contributed by atoms with Crippen molar-refractivity contribution in [2.45, 2.75) is 6.54 Å². The molecule has 0 saturated heterocycles. The van der Waals surface area contributed by atoms with E-state index in [0.717, 1.165) is 8.66 Å². The average molecular weight is 393 g/mol. The maximum absolute atomic E-state index is 13.0. The molecule has 1 heterocycles. The van der Waals surface area contributed by atoms with Crippen LogP contribution in [0.1, 0.15) is 15.2 Å². The van der Waals surface area contributed by atoms with Crippen LogP contribution in [0.5, 0.6) is 0 Å². The summed E-state index contributed by atoms with van der Waals surface area (Å²) in [6.45, 7) is 0.462. The lowest BCUT2D eigenvalue weighted by Crippen LogP contribution is -2.22. The van der Waals surface area contributed by atoms with Crippen molar-refractivity contribution in [1.82, 2.24) is 5.32 Å². The second-order valence-corrected chi connectivity index (χ2v) is 6.92. The number of benzene rings is 1. The molecule has 2 rings (SSSR count). The largest absolute Gasteiger partial charge is 0.347 e. The molecule has 6 heteroatoms. The van der Waals surface area contributed by atoms with Crippen molar-refractivity contribution in [1.29, 1.82) is 0 Å². The van der Waals surface area contributed by atoms with Gasteiger partial charge in [-0.1, -0.05) is 0 Å². The van der Waals surface area contributed by atoms with Crippen LogP contribution >= 0.6 is 43.2 Å². The zero-order valence-corrected chi connectivity index (χ0v) is 13.0. The summed E-state index contributed by atoms with van der Waals surface area (Å²) in [7, 11) is 0. The summed E-state index contributed by atoms with van der Waals surface area (Å²) >= 11 is 7.98. The van der Waals surface area contributed by atoms with Gasteiger partial charge in [0.1, 0.15) is 5.82 Å².